The number of aliphatic carboxylic acids is 1. The number of aromatic carboxylic acids is 1. The van der Waals surface area contributed by atoms with Crippen LogP contribution in [0, 0.1) is 0 Å². The largest absolute Gasteiger partial charge is 0.480 e. The first-order chi connectivity index (χ1) is 7.41. The molecular weight excluding hydrogens is 236 g/mol. The minimum absolute atomic E-state index is 0.110. The van der Waals surface area contributed by atoms with Crippen LogP contribution in [0.1, 0.15) is 23.2 Å². The predicted octanol–water partition coefficient (Wildman–Crippen LogP) is 0.700. The molecule has 0 bridgehead atoms. The zero-order chi connectivity index (χ0) is 12.3. The summed E-state index contributed by atoms with van der Waals surface area (Å²) in [7, 11) is -1.63. The van der Waals surface area contributed by atoms with Crippen molar-refractivity contribution >= 4 is 22.7 Å². The van der Waals surface area contributed by atoms with E-state index < -0.39 is 28.0 Å². The van der Waals surface area contributed by atoms with E-state index in [1.165, 1.54) is 19.1 Å². The van der Waals surface area contributed by atoms with Crippen molar-refractivity contribution in [2.45, 2.75) is 17.9 Å². The first kappa shape index (κ1) is 12.4. The Hall–Kier alpha value is -1.63. The highest BCUT2D eigenvalue weighted by atomic mass is 32.2. The van der Waals surface area contributed by atoms with Crippen molar-refractivity contribution in [1.29, 1.82) is 0 Å². The molecule has 0 saturated carbocycles. The lowest BCUT2D eigenvalue weighted by molar-refractivity contribution is -0.136. The first-order valence-corrected chi connectivity index (χ1v) is 5.72. The van der Waals surface area contributed by atoms with Crippen molar-refractivity contribution in [2.75, 3.05) is 0 Å². The number of furan rings is 1. The average molecular weight is 246 g/mol. The monoisotopic (exact) mass is 246 g/mol. The standard InChI is InChI=1S/C9H10O6S/c1-5(8(10)11)16(14)4-6-2-3-7(15-6)9(12)13/h2-3,5H,4H2,1H3,(H,10,11)(H,12,13). The van der Waals surface area contributed by atoms with E-state index in [0.717, 1.165) is 0 Å². The summed E-state index contributed by atoms with van der Waals surface area (Å²) in [5.74, 6) is -2.55. The molecule has 0 amide bonds. The lowest BCUT2D eigenvalue weighted by Gasteiger charge is -2.03. The first-order valence-electron chi connectivity index (χ1n) is 4.34. The summed E-state index contributed by atoms with van der Waals surface area (Å²) < 4.78 is 16.3. The molecule has 2 atom stereocenters. The molecule has 2 N–H and O–H groups in total. The molecule has 0 fully saturated rings. The number of carbonyl (C=O) groups is 2. The van der Waals surface area contributed by atoms with Crippen LogP contribution in [0.2, 0.25) is 0 Å². The Morgan fingerprint density at radius 3 is 2.50 bits per heavy atom. The molecule has 0 aliphatic rings. The van der Waals surface area contributed by atoms with Crippen molar-refractivity contribution in [3.05, 3.63) is 23.7 Å². The fourth-order valence-electron chi connectivity index (χ4n) is 0.948. The molecule has 0 spiro atoms. The van der Waals surface area contributed by atoms with E-state index in [1.807, 2.05) is 0 Å². The smallest absolute Gasteiger partial charge is 0.371 e. The molecule has 2 unspecified atom stereocenters. The lowest BCUT2D eigenvalue weighted by Crippen LogP contribution is -2.22. The van der Waals surface area contributed by atoms with Gasteiger partial charge in [-0.05, 0) is 19.1 Å². The van der Waals surface area contributed by atoms with Gasteiger partial charge in [-0.25, -0.2) is 4.79 Å². The summed E-state index contributed by atoms with van der Waals surface area (Å²) >= 11 is 0. The number of carboxylic acid groups (broad SMARTS) is 2. The third kappa shape index (κ3) is 2.93. The number of hydrogen-bond donors (Lipinski definition) is 2. The van der Waals surface area contributed by atoms with Crippen molar-refractivity contribution in [3.63, 3.8) is 0 Å². The van der Waals surface area contributed by atoms with Crippen molar-refractivity contribution < 1.29 is 28.4 Å². The summed E-state index contributed by atoms with van der Waals surface area (Å²) in [5, 5.41) is 16.2. The fraction of sp³-hybridized carbons (Fsp3) is 0.333. The summed E-state index contributed by atoms with van der Waals surface area (Å²) in [5.41, 5.74) is 0. The molecular formula is C9H10O6S. The van der Waals surface area contributed by atoms with Crippen molar-refractivity contribution in [3.8, 4) is 0 Å². The van der Waals surface area contributed by atoms with Gasteiger partial charge in [0.15, 0.2) is 0 Å². The van der Waals surface area contributed by atoms with Gasteiger partial charge in [0.2, 0.25) is 5.76 Å². The van der Waals surface area contributed by atoms with Crippen LogP contribution in [0.25, 0.3) is 0 Å². The minimum Gasteiger partial charge on any atom is -0.480 e. The van der Waals surface area contributed by atoms with Gasteiger partial charge in [-0.2, -0.15) is 0 Å². The molecule has 0 aliphatic heterocycles. The molecule has 1 aromatic rings. The second-order valence-corrected chi connectivity index (χ2v) is 4.83. The summed E-state index contributed by atoms with van der Waals surface area (Å²) in [6.45, 7) is 1.32. The van der Waals surface area contributed by atoms with Crippen LogP contribution in [0.15, 0.2) is 16.5 Å². The van der Waals surface area contributed by atoms with Gasteiger partial charge in [-0.3, -0.25) is 9.00 Å². The summed E-state index contributed by atoms with van der Waals surface area (Å²) in [4.78, 5) is 21.0. The minimum atomic E-state index is -1.63. The second kappa shape index (κ2) is 4.93. The van der Waals surface area contributed by atoms with E-state index in [4.69, 9.17) is 14.6 Å². The molecule has 1 rings (SSSR count). The highest BCUT2D eigenvalue weighted by molar-refractivity contribution is 7.85. The molecule has 0 radical (unpaired) electrons. The maximum atomic E-state index is 11.5. The summed E-state index contributed by atoms with van der Waals surface area (Å²) in [6.07, 6.45) is 0. The topological polar surface area (TPSA) is 105 Å². The van der Waals surface area contributed by atoms with E-state index in [-0.39, 0.29) is 17.3 Å². The third-order valence-corrected chi connectivity index (χ3v) is 3.46. The Morgan fingerprint density at radius 1 is 1.44 bits per heavy atom. The van der Waals surface area contributed by atoms with Crippen LogP contribution in [-0.2, 0) is 21.3 Å². The predicted molar refractivity (Wildman–Crippen MR) is 54.6 cm³/mol. The van der Waals surface area contributed by atoms with E-state index in [1.54, 1.807) is 0 Å². The van der Waals surface area contributed by atoms with Gasteiger partial charge < -0.3 is 14.6 Å². The number of rotatable bonds is 5. The average Bonchev–Trinajstić information content (AvgIpc) is 2.64. The third-order valence-electron chi connectivity index (χ3n) is 1.90. The van der Waals surface area contributed by atoms with Crippen LogP contribution in [0.4, 0.5) is 0 Å². The molecule has 1 heterocycles. The number of hydrogen-bond acceptors (Lipinski definition) is 4. The van der Waals surface area contributed by atoms with Gasteiger partial charge in [0, 0.05) is 10.8 Å². The van der Waals surface area contributed by atoms with Crippen LogP contribution in [-0.4, -0.2) is 31.6 Å². The van der Waals surface area contributed by atoms with Gasteiger partial charge in [-0.15, -0.1) is 0 Å². The Morgan fingerprint density at radius 2 is 2.06 bits per heavy atom. The van der Waals surface area contributed by atoms with Gasteiger partial charge in [0.25, 0.3) is 0 Å². The normalized spacial score (nSPS) is 14.3. The maximum Gasteiger partial charge on any atom is 0.371 e. The highest BCUT2D eigenvalue weighted by Crippen LogP contribution is 2.12. The summed E-state index contributed by atoms with van der Waals surface area (Å²) in [6, 6.07) is 2.61. The molecule has 0 aromatic carbocycles. The Labute approximate surface area is 93.3 Å². The Kier molecular flexibility index (Phi) is 3.83. The number of carboxylic acids is 2. The van der Waals surface area contributed by atoms with E-state index in [0.29, 0.717) is 0 Å². The Bertz CT molecular complexity index is 435. The van der Waals surface area contributed by atoms with Crippen LogP contribution >= 0.6 is 0 Å². The molecule has 6 nitrogen and oxygen atoms in total. The second-order valence-electron chi connectivity index (χ2n) is 3.08. The SMILES string of the molecule is CC(C(=O)O)S(=O)Cc1ccc(C(=O)O)o1. The quantitative estimate of drug-likeness (QED) is 0.792. The zero-order valence-electron chi connectivity index (χ0n) is 8.37. The van der Waals surface area contributed by atoms with Gasteiger partial charge >= 0.3 is 11.9 Å². The Balaban J connectivity index is 2.70. The molecule has 16 heavy (non-hydrogen) atoms. The lowest BCUT2D eigenvalue weighted by atomic mass is 10.4. The molecule has 1 aromatic heterocycles. The maximum absolute atomic E-state index is 11.5. The van der Waals surface area contributed by atoms with E-state index >= 15 is 0 Å². The van der Waals surface area contributed by atoms with Crippen molar-refractivity contribution in [2.24, 2.45) is 0 Å². The van der Waals surface area contributed by atoms with Gasteiger partial charge in [0.1, 0.15) is 11.0 Å². The van der Waals surface area contributed by atoms with E-state index in [2.05, 4.69) is 0 Å². The van der Waals surface area contributed by atoms with Gasteiger partial charge in [0.05, 0.1) is 5.75 Å². The van der Waals surface area contributed by atoms with Crippen LogP contribution in [0.5, 0.6) is 0 Å². The van der Waals surface area contributed by atoms with Crippen LogP contribution < -0.4 is 0 Å². The van der Waals surface area contributed by atoms with Crippen LogP contribution in [0.3, 0.4) is 0 Å². The molecule has 0 aliphatic carbocycles. The molecule has 88 valence electrons. The molecule has 0 saturated heterocycles. The van der Waals surface area contributed by atoms with E-state index in [9.17, 15) is 13.8 Å². The van der Waals surface area contributed by atoms with Crippen molar-refractivity contribution in [1.82, 2.24) is 0 Å². The highest BCUT2D eigenvalue weighted by Gasteiger charge is 2.20. The van der Waals surface area contributed by atoms with Gasteiger partial charge in [-0.1, -0.05) is 0 Å². The fourth-order valence-corrected chi connectivity index (χ4v) is 1.86. The zero-order valence-corrected chi connectivity index (χ0v) is 9.19. The molecule has 7 heteroatoms.